The van der Waals surface area contributed by atoms with Gasteiger partial charge in [0.05, 0.1) is 5.52 Å². The van der Waals surface area contributed by atoms with Gasteiger partial charge in [-0.25, -0.2) is 9.97 Å². The lowest BCUT2D eigenvalue weighted by atomic mass is 10.1. The molecule has 0 radical (unpaired) electrons. The van der Waals surface area contributed by atoms with Gasteiger partial charge < -0.3 is 15.0 Å². The Morgan fingerprint density at radius 1 is 0.947 bits per heavy atom. The van der Waals surface area contributed by atoms with Crippen LogP contribution in [0.15, 0.2) is 77.3 Å². The summed E-state index contributed by atoms with van der Waals surface area (Å²) in [6, 6.07) is 24.7. The number of hydrogen-bond donors (Lipinski definition) is 1. The highest BCUT2D eigenvalue weighted by Crippen LogP contribution is 2.26. The molecular weight excluding hydrogens is 536 g/mol. The summed E-state index contributed by atoms with van der Waals surface area (Å²) in [4.78, 5) is 12.2. The molecule has 38 heavy (non-hydrogen) atoms. The van der Waals surface area contributed by atoms with Gasteiger partial charge in [-0.2, -0.15) is 0 Å². The zero-order valence-electron chi connectivity index (χ0n) is 22.5. The number of halogens is 1. The van der Waals surface area contributed by atoms with Crippen LogP contribution in [0, 0.1) is 0 Å². The first-order valence-corrected chi connectivity index (χ1v) is 14.2. The number of ether oxygens (including phenoxy) is 1. The van der Waals surface area contributed by atoms with Crippen molar-refractivity contribution in [2.75, 3.05) is 25.0 Å². The average molecular weight is 574 g/mol. The predicted molar refractivity (Wildman–Crippen MR) is 163 cm³/mol. The van der Waals surface area contributed by atoms with Gasteiger partial charge in [0, 0.05) is 15.9 Å². The lowest BCUT2D eigenvalue weighted by Gasteiger charge is -2.20. The van der Waals surface area contributed by atoms with Crippen molar-refractivity contribution in [1.82, 2.24) is 14.9 Å². The number of fused-ring (bicyclic) bond motifs is 1. The van der Waals surface area contributed by atoms with Crippen LogP contribution in [0.3, 0.4) is 0 Å². The number of benzene rings is 3. The Hall–Kier alpha value is -3.22. The second-order valence-electron chi connectivity index (χ2n) is 9.48. The molecule has 1 N–H and O–H groups in total. The topological polar surface area (TPSA) is 50.3 Å². The monoisotopic (exact) mass is 572 g/mol. The van der Waals surface area contributed by atoms with Crippen molar-refractivity contribution >= 4 is 44.8 Å². The molecular formula is C32H37BrN4O. The number of hydrogen-bond acceptors (Lipinski definition) is 5. The van der Waals surface area contributed by atoms with Gasteiger partial charge in [0.2, 0.25) is 0 Å². The Morgan fingerprint density at radius 3 is 2.45 bits per heavy atom. The van der Waals surface area contributed by atoms with E-state index < -0.39 is 0 Å². The third-order valence-electron chi connectivity index (χ3n) is 6.62. The number of rotatable bonds is 13. The fourth-order valence-electron chi connectivity index (χ4n) is 4.36. The first kappa shape index (κ1) is 27.8. The minimum absolute atomic E-state index is 0.308. The van der Waals surface area contributed by atoms with Crippen LogP contribution in [0.25, 0.3) is 23.1 Å². The van der Waals surface area contributed by atoms with Crippen LogP contribution in [0.5, 0.6) is 5.75 Å². The summed E-state index contributed by atoms with van der Waals surface area (Å²) in [6.45, 7) is 10.5. The standard InChI is InChI=1S/C32H37BrN4O/c1-4-37(5-2)21-9-10-24(3)34-32-29-22-27(33)16-19-30(29)35-31(36-32)20-15-25-13-17-28(18-14-25)38-23-26-11-7-6-8-12-26/h6-8,11-20,22,24H,4-5,9-10,21,23H2,1-3H3,(H,34,35,36)/b20-15+. The smallest absolute Gasteiger partial charge is 0.154 e. The van der Waals surface area contributed by atoms with E-state index in [0.29, 0.717) is 18.5 Å². The quantitative estimate of drug-likeness (QED) is 0.175. The molecule has 3 aromatic carbocycles. The summed E-state index contributed by atoms with van der Waals surface area (Å²) >= 11 is 3.60. The van der Waals surface area contributed by atoms with Crippen LogP contribution in [-0.4, -0.2) is 40.5 Å². The van der Waals surface area contributed by atoms with Crippen molar-refractivity contribution in [3.05, 3.63) is 94.2 Å². The zero-order valence-corrected chi connectivity index (χ0v) is 24.1. The van der Waals surface area contributed by atoms with Gasteiger partial charge in [-0.15, -0.1) is 0 Å². The van der Waals surface area contributed by atoms with E-state index >= 15 is 0 Å². The van der Waals surface area contributed by atoms with E-state index in [1.54, 1.807) is 0 Å². The minimum atomic E-state index is 0.308. The van der Waals surface area contributed by atoms with Crippen molar-refractivity contribution in [3.63, 3.8) is 0 Å². The molecule has 198 valence electrons. The summed E-state index contributed by atoms with van der Waals surface area (Å²) in [5, 5.41) is 4.67. The highest BCUT2D eigenvalue weighted by molar-refractivity contribution is 9.10. The van der Waals surface area contributed by atoms with Crippen LogP contribution in [0.4, 0.5) is 5.82 Å². The SMILES string of the molecule is CCN(CC)CCCC(C)Nc1nc(/C=C/c2ccc(OCc3ccccc3)cc2)nc2ccc(Br)cc12. The third kappa shape index (κ3) is 8.14. The van der Waals surface area contributed by atoms with E-state index in [2.05, 4.69) is 65.1 Å². The van der Waals surface area contributed by atoms with E-state index in [4.69, 9.17) is 14.7 Å². The van der Waals surface area contributed by atoms with Crippen molar-refractivity contribution < 1.29 is 4.74 Å². The second-order valence-corrected chi connectivity index (χ2v) is 10.4. The Bertz CT molecular complexity index is 1320. The zero-order chi connectivity index (χ0) is 26.7. The molecule has 1 heterocycles. The minimum Gasteiger partial charge on any atom is -0.489 e. The molecule has 0 bridgehead atoms. The predicted octanol–water partition coefficient (Wildman–Crippen LogP) is 8.06. The fraction of sp³-hybridized carbons (Fsp3) is 0.312. The van der Waals surface area contributed by atoms with Crippen molar-refractivity contribution in [1.29, 1.82) is 0 Å². The molecule has 1 atom stereocenters. The summed E-state index contributed by atoms with van der Waals surface area (Å²) < 4.78 is 6.93. The maximum absolute atomic E-state index is 5.91. The van der Waals surface area contributed by atoms with Gasteiger partial charge in [-0.1, -0.05) is 78.3 Å². The number of aromatic nitrogens is 2. The summed E-state index contributed by atoms with van der Waals surface area (Å²) in [6.07, 6.45) is 6.25. The summed E-state index contributed by atoms with van der Waals surface area (Å²) in [5.41, 5.74) is 3.14. The molecule has 0 aliphatic carbocycles. The first-order chi connectivity index (χ1) is 18.5. The molecule has 0 aliphatic rings. The highest BCUT2D eigenvalue weighted by atomic mass is 79.9. The van der Waals surface area contributed by atoms with Gasteiger partial charge >= 0.3 is 0 Å². The maximum Gasteiger partial charge on any atom is 0.154 e. The second kappa shape index (κ2) is 14.1. The number of nitrogens with one attached hydrogen (secondary N) is 1. The number of nitrogens with zero attached hydrogens (tertiary/aromatic N) is 3. The largest absolute Gasteiger partial charge is 0.489 e. The molecule has 1 aromatic heterocycles. The molecule has 0 aliphatic heterocycles. The summed E-state index contributed by atoms with van der Waals surface area (Å²) in [5.74, 6) is 2.40. The van der Waals surface area contributed by atoms with Crippen LogP contribution in [-0.2, 0) is 6.61 Å². The Labute approximate surface area is 235 Å². The highest BCUT2D eigenvalue weighted by Gasteiger charge is 2.11. The van der Waals surface area contributed by atoms with E-state index in [0.717, 1.165) is 70.5 Å². The molecule has 1 unspecified atom stereocenters. The van der Waals surface area contributed by atoms with Gasteiger partial charge in [0.25, 0.3) is 0 Å². The lowest BCUT2D eigenvalue weighted by Crippen LogP contribution is -2.25. The number of anilines is 1. The van der Waals surface area contributed by atoms with Gasteiger partial charge in [-0.05, 0) is 86.9 Å². The van der Waals surface area contributed by atoms with E-state index in [1.807, 2.05) is 66.7 Å². The third-order valence-corrected chi connectivity index (χ3v) is 7.11. The van der Waals surface area contributed by atoms with Crippen molar-refractivity contribution in [2.24, 2.45) is 0 Å². The maximum atomic E-state index is 5.91. The molecule has 4 aromatic rings. The van der Waals surface area contributed by atoms with E-state index in [1.165, 1.54) is 0 Å². The van der Waals surface area contributed by atoms with E-state index in [9.17, 15) is 0 Å². The molecule has 0 saturated heterocycles. The van der Waals surface area contributed by atoms with Gasteiger partial charge in [-0.3, -0.25) is 0 Å². The Balaban J connectivity index is 1.44. The van der Waals surface area contributed by atoms with Crippen molar-refractivity contribution in [3.8, 4) is 5.75 Å². The van der Waals surface area contributed by atoms with Gasteiger partial charge in [0.1, 0.15) is 18.2 Å². The molecule has 4 rings (SSSR count). The molecule has 5 nitrogen and oxygen atoms in total. The molecule has 6 heteroatoms. The van der Waals surface area contributed by atoms with E-state index in [-0.39, 0.29) is 0 Å². The van der Waals surface area contributed by atoms with Crippen LogP contribution >= 0.6 is 15.9 Å². The van der Waals surface area contributed by atoms with Crippen LogP contribution in [0.2, 0.25) is 0 Å². The summed E-state index contributed by atoms with van der Waals surface area (Å²) in [7, 11) is 0. The molecule has 0 fully saturated rings. The Kier molecular flexibility index (Phi) is 10.3. The van der Waals surface area contributed by atoms with Crippen LogP contribution in [0.1, 0.15) is 50.6 Å². The average Bonchev–Trinajstić information content (AvgIpc) is 2.94. The van der Waals surface area contributed by atoms with Gasteiger partial charge in [0.15, 0.2) is 5.82 Å². The molecule has 0 spiro atoms. The van der Waals surface area contributed by atoms with Crippen molar-refractivity contribution in [2.45, 2.75) is 46.3 Å². The molecule has 0 saturated carbocycles. The normalized spacial score (nSPS) is 12.3. The molecule has 0 amide bonds. The first-order valence-electron chi connectivity index (χ1n) is 13.4. The lowest BCUT2D eigenvalue weighted by molar-refractivity contribution is 0.295. The fourth-order valence-corrected chi connectivity index (χ4v) is 4.72. The Morgan fingerprint density at radius 2 is 1.71 bits per heavy atom. The van der Waals surface area contributed by atoms with Crippen LogP contribution < -0.4 is 10.1 Å².